The largest absolute Gasteiger partial charge is 0.508 e. The van der Waals surface area contributed by atoms with Gasteiger partial charge in [0, 0.05) is 4.83 Å². The molecule has 1 unspecified atom stereocenters. The van der Waals surface area contributed by atoms with E-state index in [1.807, 2.05) is 12.1 Å². The maximum Gasteiger partial charge on any atom is 0.115 e. The first-order valence-corrected chi connectivity index (χ1v) is 5.56. The Kier molecular flexibility index (Phi) is 4.29. The van der Waals surface area contributed by atoms with E-state index in [0.717, 1.165) is 19.3 Å². The summed E-state index contributed by atoms with van der Waals surface area (Å²) in [6, 6.07) is 7.47. The summed E-state index contributed by atoms with van der Waals surface area (Å²) in [6.07, 6.45) is 3.30. The van der Waals surface area contributed by atoms with Crippen LogP contribution in [0, 0.1) is 0 Å². The van der Waals surface area contributed by atoms with Gasteiger partial charge in [-0.15, -0.1) is 0 Å². The average molecular weight is 243 g/mol. The Morgan fingerprint density at radius 3 is 2.85 bits per heavy atom. The molecule has 0 fully saturated rings. The fourth-order valence-electron chi connectivity index (χ4n) is 1.24. The highest BCUT2D eigenvalue weighted by molar-refractivity contribution is 9.09. The van der Waals surface area contributed by atoms with Crippen LogP contribution in [0.25, 0.3) is 0 Å². The topological polar surface area (TPSA) is 20.2 Å². The van der Waals surface area contributed by atoms with Gasteiger partial charge in [0.05, 0.1) is 0 Å². The average Bonchev–Trinajstić information content (AvgIpc) is 2.14. The predicted molar refractivity (Wildman–Crippen MR) is 59.4 cm³/mol. The van der Waals surface area contributed by atoms with Crippen LogP contribution in [-0.2, 0) is 6.42 Å². The third kappa shape index (κ3) is 3.81. The lowest BCUT2D eigenvalue weighted by Gasteiger charge is -2.06. The molecule has 1 nitrogen and oxygen atoms in total. The van der Waals surface area contributed by atoms with E-state index in [9.17, 15) is 5.11 Å². The van der Waals surface area contributed by atoms with Gasteiger partial charge >= 0.3 is 0 Å². The van der Waals surface area contributed by atoms with Gasteiger partial charge in [-0.3, -0.25) is 0 Å². The molecule has 0 aliphatic heterocycles. The lowest BCUT2D eigenvalue weighted by atomic mass is 10.1. The molecule has 1 aromatic carbocycles. The van der Waals surface area contributed by atoms with Crippen molar-refractivity contribution in [2.75, 3.05) is 0 Å². The maximum atomic E-state index is 9.22. The quantitative estimate of drug-likeness (QED) is 0.802. The summed E-state index contributed by atoms with van der Waals surface area (Å²) in [5.74, 6) is 0.361. The van der Waals surface area contributed by atoms with Crippen molar-refractivity contribution in [3.05, 3.63) is 29.8 Å². The fourth-order valence-corrected chi connectivity index (χ4v) is 1.47. The second-order valence-electron chi connectivity index (χ2n) is 3.21. The number of benzene rings is 1. The Balaban J connectivity index is 2.45. The zero-order valence-electron chi connectivity index (χ0n) is 7.83. The Hall–Kier alpha value is -0.500. The number of phenols is 1. The number of alkyl halides is 1. The van der Waals surface area contributed by atoms with Crippen LogP contribution < -0.4 is 0 Å². The molecule has 2 heteroatoms. The van der Waals surface area contributed by atoms with E-state index in [1.54, 1.807) is 6.07 Å². The maximum absolute atomic E-state index is 9.22. The van der Waals surface area contributed by atoms with Crippen LogP contribution >= 0.6 is 15.9 Å². The molecule has 0 saturated carbocycles. The van der Waals surface area contributed by atoms with Gasteiger partial charge in [-0.05, 0) is 37.0 Å². The van der Waals surface area contributed by atoms with Crippen molar-refractivity contribution >= 4 is 15.9 Å². The van der Waals surface area contributed by atoms with E-state index in [0.29, 0.717) is 10.6 Å². The van der Waals surface area contributed by atoms with Gasteiger partial charge in [0.15, 0.2) is 0 Å². The summed E-state index contributed by atoms with van der Waals surface area (Å²) in [5.41, 5.74) is 1.21. The highest BCUT2D eigenvalue weighted by Gasteiger charge is 2.01. The van der Waals surface area contributed by atoms with Crippen LogP contribution in [0.2, 0.25) is 0 Å². The zero-order valence-corrected chi connectivity index (χ0v) is 9.42. The molecule has 0 spiro atoms. The second-order valence-corrected chi connectivity index (χ2v) is 4.51. The van der Waals surface area contributed by atoms with E-state index in [1.165, 1.54) is 5.56 Å². The normalized spacial score (nSPS) is 12.8. The Labute approximate surface area is 87.9 Å². The second kappa shape index (κ2) is 5.28. The summed E-state index contributed by atoms with van der Waals surface area (Å²) >= 11 is 3.59. The first kappa shape index (κ1) is 10.6. The Morgan fingerprint density at radius 1 is 1.46 bits per heavy atom. The van der Waals surface area contributed by atoms with Crippen molar-refractivity contribution in [1.29, 1.82) is 0 Å². The molecule has 0 aliphatic rings. The lowest BCUT2D eigenvalue weighted by molar-refractivity contribution is 0.474. The molecule has 13 heavy (non-hydrogen) atoms. The van der Waals surface area contributed by atoms with Crippen LogP contribution in [-0.4, -0.2) is 9.93 Å². The molecular formula is C11H15BrO. The molecule has 0 bridgehead atoms. The van der Waals surface area contributed by atoms with E-state index in [-0.39, 0.29) is 0 Å². The van der Waals surface area contributed by atoms with Crippen molar-refractivity contribution in [1.82, 2.24) is 0 Å². The van der Waals surface area contributed by atoms with Gasteiger partial charge < -0.3 is 5.11 Å². The molecule has 72 valence electrons. The van der Waals surface area contributed by atoms with Crippen LogP contribution in [0.15, 0.2) is 24.3 Å². The molecule has 1 N–H and O–H groups in total. The van der Waals surface area contributed by atoms with Gasteiger partial charge in [0.25, 0.3) is 0 Å². The van der Waals surface area contributed by atoms with Crippen molar-refractivity contribution in [2.24, 2.45) is 0 Å². The smallest absolute Gasteiger partial charge is 0.115 e. The van der Waals surface area contributed by atoms with Crippen LogP contribution in [0.1, 0.15) is 25.3 Å². The van der Waals surface area contributed by atoms with E-state index in [4.69, 9.17) is 0 Å². The van der Waals surface area contributed by atoms with E-state index >= 15 is 0 Å². The van der Waals surface area contributed by atoms with Crippen molar-refractivity contribution in [2.45, 2.75) is 31.0 Å². The highest BCUT2D eigenvalue weighted by atomic mass is 79.9. The number of hydrogen-bond acceptors (Lipinski definition) is 1. The minimum Gasteiger partial charge on any atom is -0.508 e. The third-order valence-corrected chi connectivity index (χ3v) is 3.21. The number of rotatable bonds is 4. The first-order valence-electron chi connectivity index (χ1n) is 4.64. The molecule has 1 aromatic rings. The fraction of sp³-hybridized carbons (Fsp3) is 0.455. The highest BCUT2D eigenvalue weighted by Crippen LogP contribution is 2.16. The number of hydrogen-bond donors (Lipinski definition) is 1. The van der Waals surface area contributed by atoms with Crippen molar-refractivity contribution < 1.29 is 5.11 Å². The first-order chi connectivity index (χ1) is 6.22. The molecule has 0 aromatic heterocycles. The predicted octanol–water partition coefficient (Wildman–Crippen LogP) is 3.50. The molecule has 0 saturated heterocycles. The molecule has 0 aliphatic carbocycles. The van der Waals surface area contributed by atoms with Gasteiger partial charge in [0.1, 0.15) is 5.75 Å². The lowest BCUT2D eigenvalue weighted by Crippen LogP contribution is -1.97. The van der Waals surface area contributed by atoms with E-state index in [2.05, 4.69) is 28.9 Å². The number of aromatic hydroxyl groups is 1. The van der Waals surface area contributed by atoms with Crippen LogP contribution in [0.5, 0.6) is 5.75 Å². The summed E-state index contributed by atoms with van der Waals surface area (Å²) in [7, 11) is 0. The minimum absolute atomic E-state index is 0.361. The van der Waals surface area contributed by atoms with Gasteiger partial charge in [-0.25, -0.2) is 0 Å². The number of halogens is 1. The summed E-state index contributed by atoms with van der Waals surface area (Å²) in [6.45, 7) is 2.17. The number of aryl methyl sites for hydroxylation is 1. The Morgan fingerprint density at radius 2 is 2.23 bits per heavy atom. The zero-order chi connectivity index (χ0) is 9.68. The summed E-state index contributed by atoms with van der Waals surface area (Å²) in [4.78, 5) is 0.592. The summed E-state index contributed by atoms with van der Waals surface area (Å²) in [5, 5.41) is 9.22. The minimum atomic E-state index is 0.361. The van der Waals surface area contributed by atoms with Crippen LogP contribution in [0.3, 0.4) is 0 Å². The van der Waals surface area contributed by atoms with Gasteiger partial charge in [0.2, 0.25) is 0 Å². The molecule has 0 heterocycles. The standard InChI is InChI=1S/C11H15BrO/c1-2-10(12)7-6-9-4-3-5-11(13)8-9/h3-5,8,10,13H,2,6-7H2,1H3. The van der Waals surface area contributed by atoms with Crippen molar-refractivity contribution in [3.8, 4) is 5.75 Å². The molecule has 1 rings (SSSR count). The SMILES string of the molecule is CCC(Br)CCc1cccc(O)c1. The molecule has 0 amide bonds. The monoisotopic (exact) mass is 242 g/mol. The Bertz CT molecular complexity index is 260. The van der Waals surface area contributed by atoms with Gasteiger partial charge in [-0.1, -0.05) is 35.0 Å². The third-order valence-electron chi connectivity index (χ3n) is 2.10. The van der Waals surface area contributed by atoms with Crippen molar-refractivity contribution in [3.63, 3.8) is 0 Å². The van der Waals surface area contributed by atoms with Gasteiger partial charge in [-0.2, -0.15) is 0 Å². The number of phenolic OH excluding ortho intramolecular Hbond substituents is 1. The van der Waals surface area contributed by atoms with Crippen LogP contribution in [0.4, 0.5) is 0 Å². The molecular weight excluding hydrogens is 228 g/mol. The molecule has 1 atom stereocenters. The summed E-state index contributed by atoms with van der Waals surface area (Å²) < 4.78 is 0. The van der Waals surface area contributed by atoms with E-state index < -0.39 is 0 Å². The molecule has 0 radical (unpaired) electrons.